The molecule has 0 radical (unpaired) electrons. The van der Waals surface area contributed by atoms with Gasteiger partial charge in [0.25, 0.3) is 10.2 Å². The molecule has 1 rings (SSSR count). The van der Waals surface area contributed by atoms with Crippen molar-refractivity contribution in [3.8, 4) is 0 Å². The van der Waals surface area contributed by atoms with Crippen molar-refractivity contribution in [3.05, 3.63) is 0 Å². The molecule has 1 fully saturated rings. The molecule has 1 N–H and O–H groups in total. The first-order valence-electron chi connectivity index (χ1n) is 7.77. The Labute approximate surface area is 139 Å². The molecule has 23 heavy (non-hydrogen) atoms. The number of nitrogens with zero attached hydrogens (tertiary/aromatic N) is 3. The van der Waals surface area contributed by atoms with Crippen LogP contribution in [0.25, 0.3) is 0 Å². The van der Waals surface area contributed by atoms with Crippen LogP contribution in [0, 0.1) is 0 Å². The third-order valence-corrected chi connectivity index (χ3v) is 5.12. The molecule has 0 aromatic carbocycles. The number of carbonyl (C=O) groups is 1. The number of carbonyl (C=O) groups excluding carboxylic acids is 1. The number of rotatable bonds is 6. The fourth-order valence-electron chi connectivity index (χ4n) is 2.17. The molecule has 1 aliphatic rings. The van der Waals surface area contributed by atoms with Crippen molar-refractivity contribution < 1.29 is 17.9 Å². The molecule has 1 saturated heterocycles. The van der Waals surface area contributed by atoms with Crippen LogP contribution in [0.1, 0.15) is 27.2 Å². The number of hydrogen-bond acceptors (Lipinski definition) is 5. The van der Waals surface area contributed by atoms with Crippen molar-refractivity contribution in [2.24, 2.45) is 0 Å². The first-order chi connectivity index (χ1) is 10.4. The van der Waals surface area contributed by atoms with Crippen LogP contribution >= 0.6 is 0 Å². The summed E-state index contributed by atoms with van der Waals surface area (Å²) in [5.74, 6) is 0. The molecule has 8 nitrogen and oxygen atoms in total. The number of ether oxygens (including phenoxy) is 1. The van der Waals surface area contributed by atoms with Crippen molar-refractivity contribution in [3.63, 3.8) is 0 Å². The van der Waals surface area contributed by atoms with Gasteiger partial charge in [0.15, 0.2) is 0 Å². The van der Waals surface area contributed by atoms with Gasteiger partial charge in [-0.3, -0.25) is 4.90 Å². The predicted molar refractivity (Wildman–Crippen MR) is 89.5 cm³/mol. The highest BCUT2D eigenvalue weighted by Crippen LogP contribution is 2.12. The zero-order chi connectivity index (χ0) is 17.8. The number of amides is 1. The lowest BCUT2D eigenvalue weighted by atomic mass is 10.2. The Morgan fingerprint density at radius 1 is 1.30 bits per heavy atom. The van der Waals surface area contributed by atoms with Crippen molar-refractivity contribution in [1.29, 1.82) is 0 Å². The summed E-state index contributed by atoms with van der Waals surface area (Å²) in [6.45, 7) is 8.19. The van der Waals surface area contributed by atoms with E-state index in [1.54, 1.807) is 11.9 Å². The molecule has 0 aromatic heterocycles. The molecule has 9 heteroatoms. The highest BCUT2D eigenvalue weighted by Gasteiger charge is 2.28. The van der Waals surface area contributed by atoms with Crippen molar-refractivity contribution in [2.75, 3.05) is 47.3 Å². The molecule has 0 aliphatic carbocycles. The van der Waals surface area contributed by atoms with Gasteiger partial charge in [0, 0.05) is 46.8 Å². The maximum atomic E-state index is 11.9. The molecular formula is C14H30N4O4S. The first-order valence-corrected chi connectivity index (χ1v) is 9.21. The van der Waals surface area contributed by atoms with Gasteiger partial charge in [-0.1, -0.05) is 0 Å². The summed E-state index contributed by atoms with van der Waals surface area (Å²) < 4.78 is 32.8. The molecule has 1 amide bonds. The smallest absolute Gasteiger partial charge is 0.410 e. The quantitative estimate of drug-likeness (QED) is 0.746. The fourth-order valence-corrected chi connectivity index (χ4v) is 2.99. The fraction of sp³-hybridized carbons (Fsp3) is 0.929. The van der Waals surface area contributed by atoms with E-state index in [0.717, 1.165) is 13.0 Å². The summed E-state index contributed by atoms with van der Waals surface area (Å²) in [6.07, 6.45) is 0.421. The van der Waals surface area contributed by atoms with Gasteiger partial charge in [-0.25, -0.2) is 4.79 Å². The highest BCUT2D eigenvalue weighted by molar-refractivity contribution is 7.87. The van der Waals surface area contributed by atoms with Crippen molar-refractivity contribution in [2.45, 2.75) is 38.8 Å². The predicted octanol–water partition coefficient (Wildman–Crippen LogP) is 0.324. The number of likely N-dealkylation sites (N-methyl/N-ethyl adjacent to an activating group) is 1. The Hall–Kier alpha value is -0.900. The van der Waals surface area contributed by atoms with E-state index in [0.29, 0.717) is 19.6 Å². The Bertz CT molecular complexity index is 501. The molecule has 0 aromatic rings. The summed E-state index contributed by atoms with van der Waals surface area (Å²) in [4.78, 5) is 15.6. The molecule has 1 heterocycles. The molecule has 136 valence electrons. The number of likely N-dealkylation sites (tertiary alicyclic amines) is 1. The highest BCUT2D eigenvalue weighted by atomic mass is 32.2. The average Bonchev–Trinajstić information content (AvgIpc) is 2.80. The van der Waals surface area contributed by atoms with Crippen LogP contribution in [0.2, 0.25) is 0 Å². The van der Waals surface area contributed by atoms with E-state index in [2.05, 4.69) is 9.62 Å². The minimum Gasteiger partial charge on any atom is -0.444 e. The minimum atomic E-state index is -3.40. The molecule has 0 saturated carbocycles. The van der Waals surface area contributed by atoms with Gasteiger partial charge in [-0.15, -0.1) is 0 Å². The van der Waals surface area contributed by atoms with Crippen LogP contribution in [0.5, 0.6) is 0 Å². The maximum absolute atomic E-state index is 11.9. The van der Waals surface area contributed by atoms with E-state index >= 15 is 0 Å². The van der Waals surface area contributed by atoms with E-state index in [9.17, 15) is 13.2 Å². The summed E-state index contributed by atoms with van der Waals surface area (Å²) in [5.41, 5.74) is -0.505. The van der Waals surface area contributed by atoms with Crippen LogP contribution in [-0.4, -0.2) is 87.6 Å². The first kappa shape index (κ1) is 20.1. The van der Waals surface area contributed by atoms with Crippen molar-refractivity contribution in [1.82, 2.24) is 18.8 Å². The van der Waals surface area contributed by atoms with E-state index in [1.807, 2.05) is 20.8 Å². The summed E-state index contributed by atoms with van der Waals surface area (Å²) in [7, 11) is 1.32. The summed E-state index contributed by atoms with van der Waals surface area (Å²) in [5, 5.41) is 0. The van der Waals surface area contributed by atoms with Gasteiger partial charge in [0.2, 0.25) is 0 Å². The van der Waals surface area contributed by atoms with Gasteiger partial charge in [0.1, 0.15) is 5.60 Å². The number of hydrogen-bond donors (Lipinski definition) is 1. The Balaban J connectivity index is 2.37. The van der Waals surface area contributed by atoms with Gasteiger partial charge >= 0.3 is 6.09 Å². The largest absolute Gasteiger partial charge is 0.444 e. The SMILES string of the molecule is CN(CCN1CC[C@H](NS(=O)(=O)N(C)C)C1)C(=O)OC(C)(C)C. The van der Waals surface area contributed by atoms with Crippen molar-refractivity contribution >= 4 is 16.3 Å². The molecule has 0 bridgehead atoms. The lowest BCUT2D eigenvalue weighted by Crippen LogP contribution is -2.44. The zero-order valence-corrected chi connectivity index (χ0v) is 15.8. The minimum absolute atomic E-state index is 0.0887. The van der Waals surface area contributed by atoms with Crippen LogP contribution in [0.4, 0.5) is 4.79 Å². The Morgan fingerprint density at radius 2 is 1.91 bits per heavy atom. The van der Waals surface area contributed by atoms with Crippen LogP contribution in [0.15, 0.2) is 0 Å². The van der Waals surface area contributed by atoms with Crippen LogP contribution in [0.3, 0.4) is 0 Å². The normalized spacial score (nSPS) is 20.0. The van der Waals surface area contributed by atoms with Crippen LogP contribution < -0.4 is 4.72 Å². The van der Waals surface area contributed by atoms with E-state index in [1.165, 1.54) is 18.4 Å². The third-order valence-electron chi connectivity index (χ3n) is 3.53. The average molecular weight is 350 g/mol. The zero-order valence-electron chi connectivity index (χ0n) is 15.0. The van der Waals surface area contributed by atoms with Gasteiger partial charge in [-0.2, -0.15) is 17.4 Å². The van der Waals surface area contributed by atoms with E-state index in [-0.39, 0.29) is 12.1 Å². The molecule has 1 atom stereocenters. The van der Waals surface area contributed by atoms with Gasteiger partial charge < -0.3 is 9.64 Å². The molecule has 1 aliphatic heterocycles. The van der Waals surface area contributed by atoms with Gasteiger partial charge in [0.05, 0.1) is 0 Å². The molecular weight excluding hydrogens is 320 g/mol. The Kier molecular flexibility index (Phi) is 6.81. The lowest BCUT2D eigenvalue weighted by Gasteiger charge is -2.26. The standard InChI is InChI=1S/C14H30N4O4S/c1-14(2,3)22-13(19)17(6)9-10-18-8-7-12(11-18)15-23(20,21)16(4)5/h12,15H,7-11H2,1-6H3/t12-/m0/s1. The summed E-state index contributed by atoms with van der Waals surface area (Å²) in [6, 6.07) is -0.0887. The molecule has 0 spiro atoms. The third kappa shape index (κ3) is 7.03. The summed E-state index contributed by atoms with van der Waals surface area (Å²) >= 11 is 0. The topological polar surface area (TPSA) is 82.2 Å². The van der Waals surface area contributed by atoms with Crippen LogP contribution in [-0.2, 0) is 14.9 Å². The van der Waals surface area contributed by atoms with E-state index in [4.69, 9.17) is 4.74 Å². The lowest BCUT2D eigenvalue weighted by molar-refractivity contribution is 0.0286. The molecule has 0 unspecified atom stereocenters. The second-order valence-electron chi connectivity index (χ2n) is 7.09. The second kappa shape index (κ2) is 7.78. The van der Waals surface area contributed by atoms with E-state index < -0.39 is 15.8 Å². The maximum Gasteiger partial charge on any atom is 0.410 e. The Morgan fingerprint density at radius 3 is 2.43 bits per heavy atom. The second-order valence-corrected chi connectivity index (χ2v) is 9.01. The number of nitrogens with one attached hydrogen (secondary N) is 1. The monoisotopic (exact) mass is 350 g/mol. The van der Waals surface area contributed by atoms with Gasteiger partial charge in [-0.05, 0) is 33.7 Å².